The van der Waals surface area contributed by atoms with Gasteiger partial charge in [0.15, 0.2) is 0 Å². The van der Waals surface area contributed by atoms with E-state index in [0.29, 0.717) is 17.3 Å². The van der Waals surface area contributed by atoms with Crippen LogP contribution < -0.4 is 5.32 Å². The number of nitrogens with one attached hydrogen (secondary N) is 1. The number of benzene rings is 2. The summed E-state index contributed by atoms with van der Waals surface area (Å²) >= 11 is 7.97. The Kier molecular flexibility index (Phi) is 5.79. The van der Waals surface area contributed by atoms with E-state index in [2.05, 4.69) is 10.4 Å². The van der Waals surface area contributed by atoms with E-state index in [1.54, 1.807) is 22.5 Å². The predicted molar refractivity (Wildman–Crippen MR) is 106 cm³/mol. The maximum absolute atomic E-state index is 12.2. The summed E-state index contributed by atoms with van der Waals surface area (Å²) in [6.07, 6.45) is 2.43. The Bertz CT molecular complexity index is 864. The SMILES string of the molecule is CSCCC(=O)Nc1cc(-c2ccccc2)nn1-c1ccccc1Cl. The van der Waals surface area contributed by atoms with Crippen molar-refractivity contribution in [3.05, 3.63) is 65.7 Å². The summed E-state index contributed by atoms with van der Waals surface area (Å²) in [4.78, 5) is 12.2. The van der Waals surface area contributed by atoms with Gasteiger partial charge in [0, 0.05) is 23.8 Å². The lowest BCUT2D eigenvalue weighted by Crippen LogP contribution is -2.15. The van der Waals surface area contributed by atoms with Crippen LogP contribution in [0.1, 0.15) is 6.42 Å². The highest BCUT2D eigenvalue weighted by molar-refractivity contribution is 7.98. The van der Waals surface area contributed by atoms with Crippen LogP contribution in [0.4, 0.5) is 5.82 Å². The molecule has 1 aromatic heterocycles. The molecule has 6 heteroatoms. The molecule has 0 unspecified atom stereocenters. The Balaban J connectivity index is 2.01. The fourth-order valence-electron chi connectivity index (χ4n) is 2.43. The van der Waals surface area contributed by atoms with E-state index >= 15 is 0 Å². The molecule has 2 aromatic carbocycles. The number of carbonyl (C=O) groups is 1. The van der Waals surface area contributed by atoms with Gasteiger partial charge in [-0.15, -0.1) is 0 Å². The molecule has 1 heterocycles. The minimum atomic E-state index is -0.0397. The third-order valence-electron chi connectivity index (χ3n) is 3.66. The number of anilines is 1. The van der Waals surface area contributed by atoms with E-state index < -0.39 is 0 Å². The summed E-state index contributed by atoms with van der Waals surface area (Å²) in [5.41, 5.74) is 2.49. The van der Waals surface area contributed by atoms with Crippen molar-refractivity contribution in [2.45, 2.75) is 6.42 Å². The molecular formula is C19H18ClN3OS. The van der Waals surface area contributed by atoms with Crippen LogP contribution in [-0.4, -0.2) is 27.7 Å². The molecule has 0 bridgehead atoms. The third-order valence-corrected chi connectivity index (χ3v) is 4.59. The van der Waals surface area contributed by atoms with Crippen molar-refractivity contribution >= 4 is 35.1 Å². The highest BCUT2D eigenvalue weighted by Gasteiger charge is 2.15. The molecule has 1 N–H and O–H groups in total. The second-order valence-corrected chi connectivity index (χ2v) is 6.83. The Morgan fingerprint density at radius 3 is 2.60 bits per heavy atom. The number of nitrogens with zero attached hydrogens (tertiary/aromatic N) is 2. The number of hydrogen-bond donors (Lipinski definition) is 1. The van der Waals surface area contributed by atoms with Crippen molar-refractivity contribution in [2.24, 2.45) is 0 Å². The number of para-hydroxylation sites is 1. The van der Waals surface area contributed by atoms with Gasteiger partial charge >= 0.3 is 0 Å². The molecule has 0 aliphatic carbocycles. The third kappa shape index (κ3) is 4.24. The van der Waals surface area contributed by atoms with Crippen molar-refractivity contribution in [1.82, 2.24) is 9.78 Å². The average Bonchev–Trinajstić information content (AvgIpc) is 3.04. The number of aromatic nitrogens is 2. The van der Waals surface area contributed by atoms with E-state index in [0.717, 1.165) is 22.7 Å². The van der Waals surface area contributed by atoms with Crippen LogP contribution >= 0.6 is 23.4 Å². The molecule has 0 radical (unpaired) electrons. The van der Waals surface area contributed by atoms with Crippen LogP contribution in [0.15, 0.2) is 60.7 Å². The van der Waals surface area contributed by atoms with Crippen LogP contribution in [-0.2, 0) is 4.79 Å². The van der Waals surface area contributed by atoms with E-state index in [-0.39, 0.29) is 5.91 Å². The number of hydrogen-bond acceptors (Lipinski definition) is 3. The van der Waals surface area contributed by atoms with Gasteiger partial charge in [0.05, 0.1) is 16.4 Å². The Labute approximate surface area is 156 Å². The first-order chi connectivity index (χ1) is 12.2. The van der Waals surface area contributed by atoms with Gasteiger partial charge in [0.1, 0.15) is 5.82 Å². The van der Waals surface area contributed by atoms with Crippen molar-refractivity contribution < 1.29 is 4.79 Å². The maximum Gasteiger partial charge on any atom is 0.226 e. The Morgan fingerprint density at radius 1 is 1.16 bits per heavy atom. The van der Waals surface area contributed by atoms with Crippen LogP contribution in [0, 0.1) is 0 Å². The summed E-state index contributed by atoms with van der Waals surface area (Å²) in [5.74, 6) is 1.35. The molecule has 25 heavy (non-hydrogen) atoms. The quantitative estimate of drug-likeness (QED) is 0.671. The zero-order chi connectivity index (χ0) is 17.6. The van der Waals surface area contributed by atoms with Crippen molar-refractivity contribution in [3.63, 3.8) is 0 Å². The normalized spacial score (nSPS) is 10.6. The van der Waals surface area contributed by atoms with Gasteiger partial charge in [-0.05, 0) is 18.4 Å². The lowest BCUT2D eigenvalue weighted by molar-refractivity contribution is -0.115. The number of carbonyl (C=O) groups excluding carboxylic acids is 1. The zero-order valence-corrected chi connectivity index (χ0v) is 15.3. The van der Waals surface area contributed by atoms with Gasteiger partial charge in [-0.1, -0.05) is 54.1 Å². The van der Waals surface area contributed by atoms with Gasteiger partial charge in [-0.3, -0.25) is 4.79 Å². The largest absolute Gasteiger partial charge is 0.311 e. The first-order valence-electron chi connectivity index (χ1n) is 7.88. The van der Waals surface area contributed by atoms with Crippen LogP contribution in [0.5, 0.6) is 0 Å². The molecule has 0 saturated heterocycles. The molecule has 3 rings (SSSR count). The molecule has 0 saturated carbocycles. The average molecular weight is 372 g/mol. The number of halogens is 1. The minimum absolute atomic E-state index is 0.0397. The van der Waals surface area contributed by atoms with Crippen LogP contribution in [0.3, 0.4) is 0 Å². The molecular weight excluding hydrogens is 354 g/mol. The molecule has 4 nitrogen and oxygen atoms in total. The molecule has 0 aliphatic heterocycles. The van der Waals surface area contributed by atoms with E-state index in [4.69, 9.17) is 11.6 Å². The Morgan fingerprint density at radius 2 is 1.88 bits per heavy atom. The molecule has 3 aromatic rings. The van der Waals surface area contributed by atoms with Crippen molar-refractivity contribution in [3.8, 4) is 16.9 Å². The fourth-order valence-corrected chi connectivity index (χ4v) is 3.03. The first-order valence-corrected chi connectivity index (χ1v) is 9.65. The fraction of sp³-hybridized carbons (Fsp3) is 0.158. The summed E-state index contributed by atoms with van der Waals surface area (Å²) < 4.78 is 1.68. The highest BCUT2D eigenvalue weighted by Crippen LogP contribution is 2.28. The van der Waals surface area contributed by atoms with Gasteiger partial charge < -0.3 is 5.32 Å². The molecule has 128 valence electrons. The maximum atomic E-state index is 12.2. The smallest absolute Gasteiger partial charge is 0.226 e. The molecule has 0 fully saturated rings. The monoisotopic (exact) mass is 371 g/mol. The zero-order valence-electron chi connectivity index (χ0n) is 13.8. The van der Waals surface area contributed by atoms with E-state index in [1.165, 1.54) is 0 Å². The van der Waals surface area contributed by atoms with Gasteiger partial charge in [-0.25, -0.2) is 4.68 Å². The van der Waals surface area contributed by atoms with Crippen LogP contribution in [0.2, 0.25) is 5.02 Å². The lowest BCUT2D eigenvalue weighted by Gasteiger charge is -2.10. The number of amides is 1. The van der Waals surface area contributed by atoms with Crippen molar-refractivity contribution in [1.29, 1.82) is 0 Å². The van der Waals surface area contributed by atoms with Crippen molar-refractivity contribution in [2.75, 3.05) is 17.3 Å². The number of rotatable bonds is 6. The molecule has 0 spiro atoms. The molecule has 0 atom stereocenters. The summed E-state index contributed by atoms with van der Waals surface area (Å²) in [6, 6.07) is 19.2. The summed E-state index contributed by atoms with van der Waals surface area (Å²) in [7, 11) is 0. The summed E-state index contributed by atoms with van der Waals surface area (Å²) in [5, 5.41) is 8.18. The first kappa shape index (κ1) is 17.6. The van der Waals surface area contributed by atoms with E-state index in [9.17, 15) is 4.79 Å². The van der Waals surface area contributed by atoms with Gasteiger partial charge in [-0.2, -0.15) is 16.9 Å². The second-order valence-electron chi connectivity index (χ2n) is 5.44. The molecule has 1 amide bonds. The lowest BCUT2D eigenvalue weighted by atomic mass is 10.1. The van der Waals surface area contributed by atoms with Gasteiger partial charge in [0.25, 0.3) is 0 Å². The Hall–Kier alpha value is -2.24. The molecule has 0 aliphatic rings. The second kappa shape index (κ2) is 8.23. The van der Waals surface area contributed by atoms with Gasteiger partial charge in [0.2, 0.25) is 5.91 Å². The van der Waals surface area contributed by atoms with E-state index in [1.807, 2.05) is 60.9 Å². The topological polar surface area (TPSA) is 46.9 Å². The minimum Gasteiger partial charge on any atom is -0.311 e. The summed E-state index contributed by atoms with van der Waals surface area (Å²) in [6.45, 7) is 0. The van der Waals surface area contributed by atoms with Crippen LogP contribution in [0.25, 0.3) is 16.9 Å². The highest BCUT2D eigenvalue weighted by atomic mass is 35.5. The standard InChI is InChI=1S/C19H18ClN3OS/c1-25-12-11-19(24)21-18-13-16(14-7-3-2-4-8-14)22-23(18)17-10-6-5-9-15(17)20/h2-10,13H,11-12H2,1H3,(H,21,24). The number of thioether (sulfide) groups is 1. The predicted octanol–water partition coefficient (Wildman–Crippen LogP) is 4.88.